The molecule has 7 heteroatoms. The summed E-state index contributed by atoms with van der Waals surface area (Å²) in [5, 5.41) is 2.88. The molecule has 1 N–H and O–H groups in total. The molecule has 0 aliphatic carbocycles. The molecular formula is C24H24N2O4S. The van der Waals surface area contributed by atoms with E-state index in [2.05, 4.69) is 5.32 Å². The Hall–Kier alpha value is -3.32. The van der Waals surface area contributed by atoms with Crippen LogP contribution in [-0.4, -0.2) is 27.1 Å². The van der Waals surface area contributed by atoms with Gasteiger partial charge in [0.05, 0.1) is 11.9 Å². The number of hydrogen-bond acceptors (Lipinski definition) is 4. The summed E-state index contributed by atoms with van der Waals surface area (Å²) < 4.78 is 31.2. The largest absolute Gasteiger partial charge is 0.489 e. The van der Waals surface area contributed by atoms with Gasteiger partial charge in [-0.15, -0.1) is 0 Å². The van der Waals surface area contributed by atoms with Gasteiger partial charge in [-0.05, 0) is 66.4 Å². The number of carbonyl (C=O) groups is 1. The van der Waals surface area contributed by atoms with Crippen molar-refractivity contribution >= 4 is 27.3 Å². The second-order valence-corrected chi connectivity index (χ2v) is 9.44. The van der Waals surface area contributed by atoms with Crippen LogP contribution < -0.4 is 14.4 Å². The van der Waals surface area contributed by atoms with Crippen LogP contribution in [0.4, 0.5) is 11.4 Å². The number of anilines is 2. The quantitative estimate of drug-likeness (QED) is 0.627. The number of amides is 1. The fraction of sp³-hybridized carbons (Fsp3) is 0.208. The number of ether oxygens (including phenoxy) is 1. The predicted octanol–water partition coefficient (Wildman–Crippen LogP) is 4.23. The Morgan fingerprint density at radius 3 is 2.48 bits per heavy atom. The van der Waals surface area contributed by atoms with E-state index in [9.17, 15) is 13.2 Å². The molecule has 0 saturated carbocycles. The Morgan fingerprint density at radius 2 is 1.77 bits per heavy atom. The molecule has 3 aromatic rings. The van der Waals surface area contributed by atoms with E-state index in [4.69, 9.17) is 4.74 Å². The number of sulfonamides is 1. The molecule has 0 bridgehead atoms. The minimum Gasteiger partial charge on any atom is -0.489 e. The smallest absolute Gasteiger partial charge is 0.255 e. The number of benzene rings is 3. The molecule has 160 valence electrons. The van der Waals surface area contributed by atoms with Crippen molar-refractivity contribution in [1.82, 2.24) is 0 Å². The Labute approximate surface area is 182 Å². The van der Waals surface area contributed by atoms with E-state index in [0.717, 1.165) is 29.7 Å². The first-order valence-electron chi connectivity index (χ1n) is 10.1. The SMILES string of the molecule is CS(=O)(=O)N1CCCc2cc(C(=O)Nc3ccc(OCc4ccccc4)cc3)ccc21. The molecule has 6 nitrogen and oxygen atoms in total. The van der Waals surface area contributed by atoms with Crippen LogP contribution in [0.2, 0.25) is 0 Å². The zero-order valence-electron chi connectivity index (χ0n) is 17.2. The summed E-state index contributed by atoms with van der Waals surface area (Å²) in [6.45, 7) is 0.947. The first kappa shape index (κ1) is 20.9. The van der Waals surface area contributed by atoms with E-state index < -0.39 is 10.0 Å². The Morgan fingerprint density at radius 1 is 1.03 bits per heavy atom. The van der Waals surface area contributed by atoms with Gasteiger partial charge in [0.1, 0.15) is 12.4 Å². The van der Waals surface area contributed by atoms with Crippen LogP contribution in [0.5, 0.6) is 5.75 Å². The number of rotatable bonds is 6. The van der Waals surface area contributed by atoms with Crippen molar-refractivity contribution in [3.63, 3.8) is 0 Å². The minimum atomic E-state index is -3.33. The molecule has 4 rings (SSSR count). The molecule has 0 radical (unpaired) electrons. The summed E-state index contributed by atoms with van der Waals surface area (Å²) in [6, 6.07) is 22.3. The van der Waals surface area contributed by atoms with E-state index in [1.807, 2.05) is 42.5 Å². The first-order chi connectivity index (χ1) is 14.9. The summed E-state index contributed by atoms with van der Waals surface area (Å²) in [5.74, 6) is 0.480. The average Bonchev–Trinajstić information content (AvgIpc) is 2.78. The van der Waals surface area contributed by atoms with Crippen molar-refractivity contribution in [3.8, 4) is 5.75 Å². The Balaban J connectivity index is 1.41. The number of fused-ring (bicyclic) bond motifs is 1. The summed E-state index contributed by atoms with van der Waals surface area (Å²) >= 11 is 0. The van der Waals surface area contributed by atoms with Crippen LogP contribution >= 0.6 is 0 Å². The average molecular weight is 437 g/mol. The summed E-state index contributed by atoms with van der Waals surface area (Å²) in [5.41, 5.74) is 3.77. The molecule has 1 heterocycles. The lowest BCUT2D eigenvalue weighted by molar-refractivity contribution is 0.102. The van der Waals surface area contributed by atoms with Gasteiger partial charge in [-0.3, -0.25) is 9.10 Å². The van der Waals surface area contributed by atoms with Crippen molar-refractivity contribution in [1.29, 1.82) is 0 Å². The number of nitrogens with zero attached hydrogens (tertiary/aromatic N) is 1. The molecule has 0 spiro atoms. The number of nitrogens with one attached hydrogen (secondary N) is 1. The van der Waals surface area contributed by atoms with E-state index in [0.29, 0.717) is 30.1 Å². The highest BCUT2D eigenvalue weighted by molar-refractivity contribution is 7.92. The third-order valence-electron chi connectivity index (χ3n) is 5.18. The van der Waals surface area contributed by atoms with Gasteiger partial charge in [0.25, 0.3) is 5.91 Å². The maximum Gasteiger partial charge on any atom is 0.255 e. The van der Waals surface area contributed by atoms with Crippen molar-refractivity contribution < 1.29 is 17.9 Å². The van der Waals surface area contributed by atoms with Gasteiger partial charge in [0.2, 0.25) is 10.0 Å². The molecule has 0 saturated heterocycles. The van der Waals surface area contributed by atoms with E-state index in [1.54, 1.807) is 30.3 Å². The van der Waals surface area contributed by atoms with Crippen molar-refractivity contribution in [3.05, 3.63) is 89.5 Å². The van der Waals surface area contributed by atoms with Gasteiger partial charge in [-0.25, -0.2) is 8.42 Å². The third kappa shape index (κ3) is 5.06. The second-order valence-electron chi connectivity index (χ2n) is 7.53. The lowest BCUT2D eigenvalue weighted by Gasteiger charge is -2.29. The Kier molecular flexibility index (Phi) is 5.95. The molecule has 0 unspecified atom stereocenters. The number of carbonyl (C=O) groups excluding carboxylic acids is 1. The van der Waals surface area contributed by atoms with Crippen molar-refractivity contribution in [2.75, 3.05) is 22.4 Å². The van der Waals surface area contributed by atoms with Crippen LogP contribution in [-0.2, 0) is 23.1 Å². The van der Waals surface area contributed by atoms with Crippen LogP contribution in [0.25, 0.3) is 0 Å². The van der Waals surface area contributed by atoms with Gasteiger partial charge in [-0.2, -0.15) is 0 Å². The maximum absolute atomic E-state index is 12.7. The van der Waals surface area contributed by atoms with Gasteiger partial charge < -0.3 is 10.1 Å². The molecule has 31 heavy (non-hydrogen) atoms. The van der Waals surface area contributed by atoms with Gasteiger partial charge in [0, 0.05) is 17.8 Å². The van der Waals surface area contributed by atoms with Crippen LogP contribution in [0.1, 0.15) is 27.9 Å². The summed E-state index contributed by atoms with van der Waals surface area (Å²) in [4.78, 5) is 12.7. The molecule has 3 aromatic carbocycles. The summed E-state index contributed by atoms with van der Waals surface area (Å²) in [7, 11) is -3.33. The van der Waals surface area contributed by atoms with Crippen LogP contribution in [0.3, 0.4) is 0 Å². The first-order valence-corrected chi connectivity index (χ1v) is 11.9. The molecule has 1 amide bonds. The number of hydrogen-bond donors (Lipinski definition) is 1. The van der Waals surface area contributed by atoms with Gasteiger partial charge in [-0.1, -0.05) is 30.3 Å². The van der Waals surface area contributed by atoms with Crippen molar-refractivity contribution in [2.45, 2.75) is 19.4 Å². The Bertz CT molecular complexity index is 1180. The molecule has 0 aromatic heterocycles. The fourth-order valence-corrected chi connectivity index (χ4v) is 4.62. The fourth-order valence-electron chi connectivity index (χ4n) is 3.63. The third-order valence-corrected chi connectivity index (χ3v) is 6.36. The molecule has 1 aliphatic rings. The molecule has 0 atom stereocenters. The van der Waals surface area contributed by atoms with Crippen LogP contribution in [0, 0.1) is 0 Å². The van der Waals surface area contributed by atoms with Gasteiger partial charge >= 0.3 is 0 Å². The number of aryl methyl sites for hydroxylation is 1. The highest BCUT2D eigenvalue weighted by Gasteiger charge is 2.24. The van der Waals surface area contributed by atoms with E-state index >= 15 is 0 Å². The lowest BCUT2D eigenvalue weighted by atomic mass is 10.0. The van der Waals surface area contributed by atoms with E-state index in [-0.39, 0.29) is 5.91 Å². The molecule has 0 fully saturated rings. The minimum absolute atomic E-state index is 0.239. The highest BCUT2D eigenvalue weighted by Crippen LogP contribution is 2.30. The lowest BCUT2D eigenvalue weighted by Crippen LogP contribution is -2.34. The molecular weight excluding hydrogens is 412 g/mol. The second kappa shape index (κ2) is 8.81. The standard InChI is InChI=1S/C24H24N2O4S/c1-31(28,29)26-15-5-8-19-16-20(9-14-23(19)26)24(27)25-21-10-12-22(13-11-21)30-17-18-6-3-2-4-7-18/h2-4,6-7,9-14,16H,5,8,15,17H2,1H3,(H,25,27). The normalized spacial score (nSPS) is 13.4. The zero-order chi connectivity index (χ0) is 21.8. The zero-order valence-corrected chi connectivity index (χ0v) is 18.1. The predicted molar refractivity (Wildman–Crippen MR) is 122 cm³/mol. The summed E-state index contributed by atoms with van der Waals surface area (Å²) in [6.07, 6.45) is 2.68. The van der Waals surface area contributed by atoms with Gasteiger partial charge in [0.15, 0.2) is 0 Å². The van der Waals surface area contributed by atoms with E-state index in [1.165, 1.54) is 10.6 Å². The monoisotopic (exact) mass is 436 g/mol. The maximum atomic E-state index is 12.7. The van der Waals surface area contributed by atoms with Crippen molar-refractivity contribution in [2.24, 2.45) is 0 Å². The molecule has 1 aliphatic heterocycles. The highest BCUT2D eigenvalue weighted by atomic mass is 32.2. The topological polar surface area (TPSA) is 75.7 Å². The van der Waals surface area contributed by atoms with Crippen LogP contribution in [0.15, 0.2) is 72.8 Å².